The molecule has 0 aliphatic carbocycles. The van der Waals surface area contributed by atoms with E-state index in [0.717, 1.165) is 5.56 Å². The smallest absolute Gasteiger partial charge is 0.131 e. The van der Waals surface area contributed by atoms with E-state index in [1.165, 1.54) is 6.07 Å². The third kappa shape index (κ3) is 2.17. The van der Waals surface area contributed by atoms with E-state index in [9.17, 15) is 4.39 Å². The van der Waals surface area contributed by atoms with E-state index in [4.69, 9.17) is 16.3 Å². The van der Waals surface area contributed by atoms with Crippen LogP contribution in [-0.4, -0.2) is 7.11 Å². The fourth-order valence-electron chi connectivity index (χ4n) is 1.48. The molecule has 0 amide bonds. The Hall–Kier alpha value is -1.54. The maximum absolute atomic E-state index is 13.6. The summed E-state index contributed by atoms with van der Waals surface area (Å²) >= 11 is 5.78. The van der Waals surface area contributed by atoms with Gasteiger partial charge in [-0.05, 0) is 35.9 Å². The Morgan fingerprint density at radius 3 is 2.38 bits per heavy atom. The zero-order chi connectivity index (χ0) is 11.5. The topological polar surface area (TPSA) is 9.23 Å². The predicted molar refractivity (Wildman–Crippen MR) is 63.4 cm³/mol. The van der Waals surface area contributed by atoms with Crippen LogP contribution in [0.3, 0.4) is 0 Å². The second-order valence-corrected chi connectivity index (χ2v) is 3.79. The summed E-state index contributed by atoms with van der Waals surface area (Å²) in [5.74, 6) is 0.356. The van der Waals surface area contributed by atoms with Crippen molar-refractivity contribution in [1.29, 1.82) is 0 Å². The number of halogens is 2. The molecule has 0 fully saturated rings. The highest BCUT2D eigenvalue weighted by atomic mass is 35.5. The van der Waals surface area contributed by atoms with Gasteiger partial charge in [-0.3, -0.25) is 0 Å². The van der Waals surface area contributed by atoms with Gasteiger partial charge in [0.2, 0.25) is 0 Å². The molecular weight excluding hydrogens is 227 g/mol. The summed E-state index contributed by atoms with van der Waals surface area (Å²) in [5.41, 5.74) is 1.29. The molecule has 0 spiro atoms. The lowest BCUT2D eigenvalue weighted by molar-refractivity contribution is 0.414. The summed E-state index contributed by atoms with van der Waals surface area (Å²) in [4.78, 5) is 0. The van der Waals surface area contributed by atoms with Crippen molar-refractivity contribution in [3.05, 3.63) is 53.3 Å². The van der Waals surface area contributed by atoms with Crippen molar-refractivity contribution in [2.24, 2.45) is 0 Å². The molecule has 2 aromatic carbocycles. The molecule has 0 heterocycles. The van der Waals surface area contributed by atoms with Gasteiger partial charge in [-0.15, -0.1) is 0 Å². The molecule has 2 aromatic rings. The van der Waals surface area contributed by atoms with E-state index in [1.54, 1.807) is 43.5 Å². The van der Waals surface area contributed by atoms with Crippen LogP contribution >= 0.6 is 11.6 Å². The lowest BCUT2D eigenvalue weighted by Crippen LogP contribution is -1.88. The van der Waals surface area contributed by atoms with Crippen LogP contribution in [0.5, 0.6) is 5.75 Å². The molecule has 0 N–H and O–H groups in total. The van der Waals surface area contributed by atoms with Crippen LogP contribution in [-0.2, 0) is 0 Å². The van der Waals surface area contributed by atoms with Crippen LogP contribution in [0, 0.1) is 5.82 Å². The number of ether oxygens (including phenoxy) is 1. The van der Waals surface area contributed by atoms with Crippen molar-refractivity contribution in [3.8, 4) is 16.9 Å². The highest BCUT2D eigenvalue weighted by Gasteiger charge is 2.06. The summed E-state index contributed by atoms with van der Waals surface area (Å²) < 4.78 is 18.7. The standard InChI is InChI=1S/C13H10ClFO/c1-16-11-6-7-13(15)12(8-11)9-2-4-10(14)5-3-9/h2-8H,1H3. The van der Waals surface area contributed by atoms with Gasteiger partial charge in [0.15, 0.2) is 0 Å². The maximum atomic E-state index is 13.6. The molecule has 16 heavy (non-hydrogen) atoms. The molecule has 0 aromatic heterocycles. The monoisotopic (exact) mass is 236 g/mol. The molecule has 0 aliphatic rings. The molecular formula is C13H10ClFO. The van der Waals surface area contributed by atoms with Crippen LogP contribution in [0.25, 0.3) is 11.1 Å². The van der Waals surface area contributed by atoms with Crippen molar-refractivity contribution < 1.29 is 9.13 Å². The molecule has 3 heteroatoms. The van der Waals surface area contributed by atoms with Crippen LogP contribution in [0.1, 0.15) is 0 Å². The van der Waals surface area contributed by atoms with E-state index in [-0.39, 0.29) is 5.82 Å². The number of hydrogen-bond acceptors (Lipinski definition) is 1. The first-order valence-electron chi connectivity index (χ1n) is 4.80. The highest BCUT2D eigenvalue weighted by Crippen LogP contribution is 2.27. The van der Waals surface area contributed by atoms with Gasteiger partial charge in [0.25, 0.3) is 0 Å². The Balaban J connectivity index is 2.50. The van der Waals surface area contributed by atoms with Crippen molar-refractivity contribution in [1.82, 2.24) is 0 Å². The normalized spacial score (nSPS) is 10.2. The molecule has 2 rings (SSSR count). The third-order valence-electron chi connectivity index (χ3n) is 2.33. The van der Waals surface area contributed by atoms with Crippen molar-refractivity contribution in [2.75, 3.05) is 7.11 Å². The van der Waals surface area contributed by atoms with Gasteiger partial charge in [0.1, 0.15) is 11.6 Å². The molecule has 0 saturated carbocycles. The molecule has 1 nitrogen and oxygen atoms in total. The van der Waals surface area contributed by atoms with Crippen molar-refractivity contribution in [3.63, 3.8) is 0 Å². The number of methoxy groups -OCH3 is 1. The van der Waals surface area contributed by atoms with Gasteiger partial charge in [-0.25, -0.2) is 4.39 Å². The largest absolute Gasteiger partial charge is 0.497 e. The quantitative estimate of drug-likeness (QED) is 0.761. The summed E-state index contributed by atoms with van der Waals surface area (Å²) in [6.07, 6.45) is 0. The van der Waals surface area contributed by atoms with Crippen LogP contribution in [0.2, 0.25) is 5.02 Å². The minimum atomic E-state index is -0.275. The number of rotatable bonds is 2. The molecule has 82 valence electrons. The second kappa shape index (κ2) is 4.54. The molecule has 0 aliphatic heterocycles. The summed E-state index contributed by atoms with van der Waals surface area (Å²) in [5, 5.41) is 0.632. The van der Waals surface area contributed by atoms with Crippen molar-refractivity contribution >= 4 is 11.6 Å². The second-order valence-electron chi connectivity index (χ2n) is 3.35. The summed E-state index contributed by atoms with van der Waals surface area (Å²) in [7, 11) is 1.55. The van der Waals surface area contributed by atoms with E-state index in [1.807, 2.05) is 0 Å². The SMILES string of the molecule is COc1ccc(F)c(-c2ccc(Cl)cc2)c1. The van der Waals surface area contributed by atoms with Gasteiger partial charge in [-0.1, -0.05) is 23.7 Å². The molecule has 0 saturated heterocycles. The van der Waals surface area contributed by atoms with Crippen LogP contribution in [0.4, 0.5) is 4.39 Å². The fraction of sp³-hybridized carbons (Fsp3) is 0.0769. The Morgan fingerprint density at radius 2 is 1.75 bits per heavy atom. The lowest BCUT2D eigenvalue weighted by atomic mass is 10.1. The maximum Gasteiger partial charge on any atom is 0.131 e. The van der Waals surface area contributed by atoms with Gasteiger partial charge >= 0.3 is 0 Å². The van der Waals surface area contributed by atoms with Crippen LogP contribution < -0.4 is 4.74 Å². The van der Waals surface area contributed by atoms with E-state index < -0.39 is 0 Å². The molecule has 0 bridgehead atoms. The Labute approximate surface area is 98.4 Å². The highest BCUT2D eigenvalue weighted by molar-refractivity contribution is 6.30. The van der Waals surface area contributed by atoms with Crippen molar-refractivity contribution in [2.45, 2.75) is 0 Å². The first-order valence-corrected chi connectivity index (χ1v) is 5.18. The number of benzene rings is 2. The first kappa shape index (κ1) is 11.0. The zero-order valence-corrected chi connectivity index (χ0v) is 9.46. The predicted octanol–water partition coefficient (Wildman–Crippen LogP) is 4.15. The Kier molecular flexibility index (Phi) is 3.11. The van der Waals surface area contributed by atoms with Gasteiger partial charge < -0.3 is 4.74 Å². The van der Waals surface area contributed by atoms with Gasteiger partial charge in [0, 0.05) is 10.6 Å². The van der Waals surface area contributed by atoms with E-state index >= 15 is 0 Å². The van der Waals surface area contributed by atoms with Crippen LogP contribution in [0.15, 0.2) is 42.5 Å². The third-order valence-corrected chi connectivity index (χ3v) is 2.58. The molecule has 0 radical (unpaired) electrons. The average molecular weight is 237 g/mol. The Bertz CT molecular complexity index is 494. The molecule has 0 atom stereocenters. The Morgan fingerprint density at radius 1 is 1.06 bits per heavy atom. The summed E-state index contributed by atoms with van der Waals surface area (Å²) in [6.45, 7) is 0. The minimum Gasteiger partial charge on any atom is -0.497 e. The summed E-state index contributed by atoms with van der Waals surface area (Å²) in [6, 6.07) is 11.7. The zero-order valence-electron chi connectivity index (χ0n) is 8.71. The first-order chi connectivity index (χ1) is 7.70. The minimum absolute atomic E-state index is 0.275. The van der Waals surface area contributed by atoms with Gasteiger partial charge in [0.05, 0.1) is 7.11 Å². The van der Waals surface area contributed by atoms with Gasteiger partial charge in [-0.2, -0.15) is 0 Å². The van der Waals surface area contributed by atoms with E-state index in [0.29, 0.717) is 16.3 Å². The number of hydrogen-bond donors (Lipinski definition) is 0. The fourth-order valence-corrected chi connectivity index (χ4v) is 1.61. The average Bonchev–Trinajstić information content (AvgIpc) is 2.31. The van der Waals surface area contributed by atoms with E-state index in [2.05, 4.69) is 0 Å². The lowest BCUT2D eigenvalue weighted by Gasteiger charge is -2.06. The molecule has 0 unspecified atom stereocenters.